The molecule has 124 valence electrons. The van der Waals surface area contributed by atoms with Gasteiger partial charge in [-0.15, -0.1) is 0 Å². The van der Waals surface area contributed by atoms with E-state index in [0.29, 0.717) is 6.04 Å². The number of piperidine rings is 1. The highest BCUT2D eigenvalue weighted by Gasteiger charge is 2.22. The number of nitrogens with zero attached hydrogens (tertiary/aromatic N) is 1. The number of hydrogen-bond acceptors (Lipinski definition) is 3. The molecule has 0 amide bonds. The Bertz CT molecular complexity index is 434. The molecule has 1 aromatic carbocycles. The number of aryl methyl sites for hydroxylation is 1. The summed E-state index contributed by atoms with van der Waals surface area (Å²) in [6.45, 7) is 6.76. The highest BCUT2D eigenvalue weighted by atomic mass is 16.5. The molecule has 1 aliphatic rings. The summed E-state index contributed by atoms with van der Waals surface area (Å²) < 4.78 is 5.37. The highest BCUT2D eigenvalue weighted by molar-refractivity contribution is 5.23. The molecule has 1 heterocycles. The van der Waals surface area contributed by atoms with Crippen LogP contribution < -0.4 is 0 Å². The molecule has 0 spiro atoms. The second-order valence-corrected chi connectivity index (χ2v) is 7.20. The van der Waals surface area contributed by atoms with Gasteiger partial charge in [0.05, 0.1) is 12.2 Å². The van der Waals surface area contributed by atoms with Crippen LogP contribution in [-0.2, 0) is 17.7 Å². The van der Waals surface area contributed by atoms with Gasteiger partial charge in [-0.05, 0) is 57.2 Å². The van der Waals surface area contributed by atoms with Crippen molar-refractivity contribution in [2.75, 3.05) is 20.3 Å². The number of rotatable bonds is 7. The molecule has 0 aromatic heterocycles. The van der Waals surface area contributed by atoms with Crippen molar-refractivity contribution in [1.29, 1.82) is 0 Å². The summed E-state index contributed by atoms with van der Waals surface area (Å²) in [5.41, 5.74) is 2.09. The van der Waals surface area contributed by atoms with E-state index in [0.717, 1.165) is 26.0 Å². The SMILES string of the molecule is COCC1CCCCN1Cc1ccc(CCC(C)(C)O)cc1. The van der Waals surface area contributed by atoms with Crippen molar-refractivity contribution in [2.24, 2.45) is 0 Å². The van der Waals surface area contributed by atoms with Gasteiger partial charge in [0.25, 0.3) is 0 Å². The first-order chi connectivity index (χ1) is 10.5. The maximum Gasteiger partial charge on any atom is 0.0618 e. The molecule has 1 aliphatic heterocycles. The molecule has 0 radical (unpaired) electrons. The molecule has 1 fully saturated rings. The lowest BCUT2D eigenvalue weighted by atomic mass is 9.98. The Hall–Kier alpha value is -0.900. The number of ether oxygens (including phenoxy) is 1. The number of likely N-dealkylation sites (tertiary alicyclic amines) is 1. The average Bonchev–Trinajstić information content (AvgIpc) is 2.48. The van der Waals surface area contributed by atoms with Crippen LogP contribution in [0, 0.1) is 0 Å². The molecule has 1 unspecified atom stereocenters. The molecule has 2 rings (SSSR count). The van der Waals surface area contributed by atoms with Gasteiger partial charge in [0, 0.05) is 19.7 Å². The van der Waals surface area contributed by atoms with Crippen LogP contribution in [-0.4, -0.2) is 41.9 Å². The van der Waals surface area contributed by atoms with Crippen LogP contribution in [0.5, 0.6) is 0 Å². The normalized spacial score (nSPS) is 20.3. The largest absolute Gasteiger partial charge is 0.390 e. The molecular weight excluding hydrogens is 274 g/mol. The second kappa shape index (κ2) is 8.09. The van der Waals surface area contributed by atoms with E-state index in [-0.39, 0.29) is 0 Å². The molecular formula is C19H31NO2. The van der Waals surface area contributed by atoms with Gasteiger partial charge in [-0.3, -0.25) is 4.90 Å². The lowest BCUT2D eigenvalue weighted by Crippen LogP contribution is -2.41. The number of methoxy groups -OCH3 is 1. The van der Waals surface area contributed by atoms with Gasteiger partial charge in [0.15, 0.2) is 0 Å². The van der Waals surface area contributed by atoms with Crippen LogP contribution in [0.3, 0.4) is 0 Å². The zero-order valence-electron chi connectivity index (χ0n) is 14.3. The van der Waals surface area contributed by atoms with Crippen molar-refractivity contribution in [3.05, 3.63) is 35.4 Å². The fourth-order valence-electron chi connectivity index (χ4n) is 3.15. The second-order valence-electron chi connectivity index (χ2n) is 7.20. The first-order valence-electron chi connectivity index (χ1n) is 8.51. The molecule has 0 bridgehead atoms. The maximum absolute atomic E-state index is 9.81. The summed E-state index contributed by atoms with van der Waals surface area (Å²) in [7, 11) is 1.80. The third kappa shape index (κ3) is 5.71. The van der Waals surface area contributed by atoms with E-state index in [4.69, 9.17) is 4.74 Å². The zero-order valence-corrected chi connectivity index (χ0v) is 14.3. The zero-order chi connectivity index (χ0) is 16.0. The van der Waals surface area contributed by atoms with Gasteiger partial charge in [0.1, 0.15) is 0 Å². The molecule has 22 heavy (non-hydrogen) atoms. The maximum atomic E-state index is 9.81. The Labute approximate surface area is 135 Å². The molecule has 0 aliphatic carbocycles. The average molecular weight is 305 g/mol. The minimum atomic E-state index is -0.583. The van der Waals surface area contributed by atoms with Crippen molar-refractivity contribution in [1.82, 2.24) is 4.90 Å². The minimum Gasteiger partial charge on any atom is -0.390 e. The predicted octanol–water partition coefficient (Wildman–Crippen LogP) is 3.39. The fourth-order valence-corrected chi connectivity index (χ4v) is 3.15. The summed E-state index contributed by atoms with van der Waals surface area (Å²) in [5, 5.41) is 9.81. The first-order valence-corrected chi connectivity index (χ1v) is 8.51. The Morgan fingerprint density at radius 2 is 1.86 bits per heavy atom. The van der Waals surface area contributed by atoms with Gasteiger partial charge >= 0.3 is 0 Å². The van der Waals surface area contributed by atoms with E-state index < -0.39 is 5.60 Å². The smallest absolute Gasteiger partial charge is 0.0618 e. The van der Waals surface area contributed by atoms with E-state index in [1.807, 2.05) is 13.8 Å². The van der Waals surface area contributed by atoms with Gasteiger partial charge in [0.2, 0.25) is 0 Å². The third-order valence-electron chi connectivity index (χ3n) is 4.54. The van der Waals surface area contributed by atoms with Crippen LogP contribution in [0.25, 0.3) is 0 Å². The standard InChI is InChI=1S/C19H31NO2/c1-19(2,21)12-11-16-7-9-17(10-8-16)14-20-13-5-4-6-18(20)15-22-3/h7-10,18,21H,4-6,11-15H2,1-3H3. The van der Waals surface area contributed by atoms with E-state index >= 15 is 0 Å². The van der Waals surface area contributed by atoms with Crippen LogP contribution in [0.1, 0.15) is 50.7 Å². The van der Waals surface area contributed by atoms with Crippen molar-refractivity contribution in [2.45, 2.75) is 64.1 Å². The Kier molecular flexibility index (Phi) is 6.42. The molecule has 1 aromatic rings. The first kappa shape index (κ1) is 17.5. The van der Waals surface area contributed by atoms with Crippen molar-refractivity contribution < 1.29 is 9.84 Å². The number of benzene rings is 1. The number of hydrogen-bond donors (Lipinski definition) is 1. The lowest BCUT2D eigenvalue weighted by molar-refractivity contribution is 0.0600. The summed E-state index contributed by atoms with van der Waals surface area (Å²) in [6, 6.07) is 9.44. The quantitative estimate of drug-likeness (QED) is 0.838. The summed E-state index contributed by atoms with van der Waals surface area (Å²) in [6.07, 6.45) is 5.59. The van der Waals surface area contributed by atoms with Crippen LogP contribution >= 0.6 is 0 Å². The molecule has 1 atom stereocenters. The van der Waals surface area contributed by atoms with Crippen LogP contribution in [0.2, 0.25) is 0 Å². The van der Waals surface area contributed by atoms with Crippen molar-refractivity contribution in [3.63, 3.8) is 0 Å². The highest BCUT2D eigenvalue weighted by Crippen LogP contribution is 2.20. The Balaban J connectivity index is 1.89. The van der Waals surface area contributed by atoms with Gasteiger partial charge in [-0.25, -0.2) is 0 Å². The van der Waals surface area contributed by atoms with E-state index in [9.17, 15) is 5.11 Å². The van der Waals surface area contributed by atoms with Crippen LogP contribution in [0.4, 0.5) is 0 Å². The van der Waals surface area contributed by atoms with E-state index in [2.05, 4.69) is 29.2 Å². The van der Waals surface area contributed by atoms with Gasteiger partial charge in [-0.1, -0.05) is 30.7 Å². The fraction of sp³-hybridized carbons (Fsp3) is 0.684. The third-order valence-corrected chi connectivity index (χ3v) is 4.54. The van der Waals surface area contributed by atoms with E-state index in [1.54, 1.807) is 7.11 Å². The van der Waals surface area contributed by atoms with Crippen molar-refractivity contribution >= 4 is 0 Å². The molecule has 0 saturated carbocycles. The molecule has 1 N–H and O–H groups in total. The lowest BCUT2D eigenvalue weighted by Gasteiger charge is -2.35. The van der Waals surface area contributed by atoms with Crippen molar-refractivity contribution in [3.8, 4) is 0 Å². The number of aliphatic hydroxyl groups is 1. The van der Waals surface area contributed by atoms with Gasteiger partial charge < -0.3 is 9.84 Å². The minimum absolute atomic E-state index is 0.564. The van der Waals surface area contributed by atoms with E-state index in [1.165, 1.54) is 36.9 Å². The summed E-state index contributed by atoms with van der Waals surface area (Å²) in [5.74, 6) is 0. The monoisotopic (exact) mass is 305 g/mol. The van der Waals surface area contributed by atoms with Gasteiger partial charge in [-0.2, -0.15) is 0 Å². The molecule has 3 nitrogen and oxygen atoms in total. The predicted molar refractivity (Wildman–Crippen MR) is 91.0 cm³/mol. The summed E-state index contributed by atoms with van der Waals surface area (Å²) in [4.78, 5) is 2.55. The summed E-state index contributed by atoms with van der Waals surface area (Å²) >= 11 is 0. The van der Waals surface area contributed by atoms with Crippen LogP contribution in [0.15, 0.2) is 24.3 Å². The Morgan fingerprint density at radius 1 is 1.18 bits per heavy atom. The molecule has 1 saturated heterocycles. The molecule has 3 heteroatoms. The Morgan fingerprint density at radius 3 is 2.50 bits per heavy atom. The topological polar surface area (TPSA) is 32.7 Å².